The van der Waals surface area contributed by atoms with Crippen molar-refractivity contribution < 1.29 is 9.18 Å². The van der Waals surface area contributed by atoms with Gasteiger partial charge in [-0.2, -0.15) is 0 Å². The number of halogens is 3. The minimum atomic E-state index is -0.451. The molecule has 0 radical (unpaired) electrons. The Kier molecular flexibility index (Phi) is 9.01. The molecule has 0 aliphatic carbocycles. The second-order valence-electron chi connectivity index (χ2n) is 4.76. The summed E-state index contributed by atoms with van der Waals surface area (Å²) in [5.41, 5.74) is 6.71. The van der Waals surface area contributed by atoms with Crippen molar-refractivity contribution in [3.05, 3.63) is 34.1 Å². The van der Waals surface area contributed by atoms with Gasteiger partial charge in [0.05, 0.1) is 10.5 Å². The minimum Gasteiger partial charge on any atom is -0.352 e. The van der Waals surface area contributed by atoms with Gasteiger partial charge >= 0.3 is 0 Å². The first-order chi connectivity index (χ1) is 8.93. The third-order valence-electron chi connectivity index (χ3n) is 2.85. The summed E-state index contributed by atoms with van der Waals surface area (Å²) in [6, 6.07) is 4.37. The number of nitrogens with two attached hydrogens (primary N) is 1. The van der Waals surface area contributed by atoms with Crippen LogP contribution in [0.25, 0.3) is 0 Å². The first-order valence-corrected chi connectivity index (χ1v) is 7.23. The molecule has 0 spiro atoms. The van der Waals surface area contributed by atoms with Crippen LogP contribution in [0.5, 0.6) is 0 Å². The Labute approximate surface area is 134 Å². The lowest BCUT2D eigenvalue weighted by molar-refractivity contribution is -0.123. The van der Waals surface area contributed by atoms with Crippen molar-refractivity contribution in [3.8, 4) is 0 Å². The first kappa shape index (κ1) is 19.4. The topological polar surface area (TPSA) is 55.1 Å². The molecule has 1 rings (SSSR count). The molecule has 0 bridgehead atoms. The first-order valence-electron chi connectivity index (χ1n) is 6.44. The van der Waals surface area contributed by atoms with E-state index in [4.69, 9.17) is 5.73 Å². The molecule has 2 atom stereocenters. The average molecular weight is 368 g/mol. The van der Waals surface area contributed by atoms with E-state index in [2.05, 4.69) is 21.2 Å². The number of carbonyl (C=O) groups excluding carboxylic acids is 1. The molecule has 1 aromatic carbocycles. The molecular formula is C14H21BrClFN2O. The molecule has 1 aromatic rings. The Morgan fingerprint density at radius 2 is 2.15 bits per heavy atom. The summed E-state index contributed by atoms with van der Waals surface area (Å²) in [7, 11) is 0. The van der Waals surface area contributed by atoms with Crippen molar-refractivity contribution in [2.45, 2.75) is 45.2 Å². The zero-order chi connectivity index (χ0) is 14.4. The van der Waals surface area contributed by atoms with Crippen molar-refractivity contribution in [1.82, 2.24) is 5.32 Å². The number of carbonyl (C=O) groups is 1. The highest BCUT2D eigenvalue weighted by atomic mass is 79.9. The lowest BCUT2D eigenvalue weighted by atomic mass is 10.1. The molecule has 3 nitrogen and oxygen atoms in total. The maximum Gasteiger partial charge on any atom is 0.237 e. The second kappa shape index (κ2) is 9.32. The van der Waals surface area contributed by atoms with E-state index in [0.717, 1.165) is 12.0 Å². The van der Waals surface area contributed by atoms with Gasteiger partial charge in [-0.25, -0.2) is 4.39 Å². The minimum absolute atomic E-state index is 0. The molecule has 0 heterocycles. The van der Waals surface area contributed by atoms with Crippen LogP contribution in [-0.4, -0.2) is 18.0 Å². The van der Waals surface area contributed by atoms with Gasteiger partial charge in [0.25, 0.3) is 0 Å². The SMILES string of the molecule is CCCC(N)C(=O)NC(C)Cc1ccc(F)c(Br)c1.Cl. The van der Waals surface area contributed by atoms with E-state index in [-0.39, 0.29) is 30.2 Å². The summed E-state index contributed by atoms with van der Waals surface area (Å²) in [4.78, 5) is 11.7. The zero-order valence-electron chi connectivity index (χ0n) is 11.7. The van der Waals surface area contributed by atoms with Gasteiger partial charge < -0.3 is 11.1 Å². The summed E-state index contributed by atoms with van der Waals surface area (Å²) in [6.07, 6.45) is 2.21. The Morgan fingerprint density at radius 3 is 2.70 bits per heavy atom. The predicted molar refractivity (Wildman–Crippen MR) is 85.5 cm³/mol. The van der Waals surface area contributed by atoms with E-state index >= 15 is 0 Å². The largest absolute Gasteiger partial charge is 0.352 e. The molecule has 1 amide bonds. The zero-order valence-corrected chi connectivity index (χ0v) is 14.1. The summed E-state index contributed by atoms with van der Waals surface area (Å²) in [6.45, 7) is 3.90. The third-order valence-corrected chi connectivity index (χ3v) is 3.46. The van der Waals surface area contributed by atoms with E-state index in [1.165, 1.54) is 6.07 Å². The van der Waals surface area contributed by atoms with Crippen molar-refractivity contribution in [2.24, 2.45) is 5.73 Å². The maximum absolute atomic E-state index is 13.1. The van der Waals surface area contributed by atoms with Crippen LogP contribution in [0.3, 0.4) is 0 Å². The number of rotatable bonds is 6. The highest BCUT2D eigenvalue weighted by molar-refractivity contribution is 9.10. The Balaban J connectivity index is 0.00000361. The number of hydrogen-bond acceptors (Lipinski definition) is 2. The van der Waals surface area contributed by atoms with Crippen LogP contribution in [-0.2, 0) is 11.2 Å². The van der Waals surface area contributed by atoms with Crippen LogP contribution in [0.2, 0.25) is 0 Å². The fourth-order valence-corrected chi connectivity index (χ4v) is 2.29. The van der Waals surface area contributed by atoms with Crippen LogP contribution < -0.4 is 11.1 Å². The number of benzene rings is 1. The normalized spacial score (nSPS) is 13.2. The Morgan fingerprint density at radius 1 is 1.50 bits per heavy atom. The average Bonchev–Trinajstić information content (AvgIpc) is 2.34. The molecule has 2 unspecified atom stereocenters. The molecule has 0 fully saturated rings. The molecular weight excluding hydrogens is 347 g/mol. The second-order valence-corrected chi connectivity index (χ2v) is 5.61. The third kappa shape index (κ3) is 6.20. The molecule has 0 aliphatic heterocycles. The van der Waals surface area contributed by atoms with Gasteiger partial charge in [-0.1, -0.05) is 19.4 Å². The monoisotopic (exact) mass is 366 g/mol. The van der Waals surface area contributed by atoms with Gasteiger partial charge in [0.2, 0.25) is 5.91 Å². The molecule has 114 valence electrons. The Bertz CT molecular complexity index is 445. The molecule has 0 aliphatic rings. The van der Waals surface area contributed by atoms with Crippen LogP contribution >= 0.6 is 28.3 Å². The van der Waals surface area contributed by atoms with Gasteiger partial charge in [-0.3, -0.25) is 4.79 Å². The fourth-order valence-electron chi connectivity index (χ4n) is 1.86. The quantitative estimate of drug-likeness (QED) is 0.811. The van der Waals surface area contributed by atoms with Crippen LogP contribution in [0.1, 0.15) is 32.3 Å². The van der Waals surface area contributed by atoms with Gasteiger partial charge in [-0.15, -0.1) is 12.4 Å². The van der Waals surface area contributed by atoms with Crippen molar-refractivity contribution in [2.75, 3.05) is 0 Å². The number of amides is 1. The van der Waals surface area contributed by atoms with Gasteiger partial charge in [-0.05, 0) is 53.4 Å². The molecule has 3 N–H and O–H groups in total. The van der Waals surface area contributed by atoms with Gasteiger partial charge in [0.1, 0.15) is 5.82 Å². The molecule has 0 saturated carbocycles. The number of nitrogens with one attached hydrogen (secondary N) is 1. The van der Waals surface area contributed by atoms with E-state index in [1.54, 1.807) is 12.1 Å². The highest BCUT2D eigenvalue weighted by Gasteiger charge is 2.15. The summed E-state index contributed by atoms with van der Waals surface area (Å²) >= 11 is 3.15. The molecule has 0 saturated heterocycles. The van der Waals surface area contributed by atoms with Crippen molar-refractivity contribution >= 4 is 34.2 Å². The maximum atomic E-state index is 13.1. The van der Waals surface area contributed by atoms with E-state index < -0.39 is 6.04 Å². The lowest BCUT2D eigenvalue weighted by Crippen LogP contribution is -2.45. The Hall–Kier alpha value is -0.650. The van der Waals surface area contributed by atoms with E-state index in [0.29, 0.717) is 17.3 Å². The smallest absolute Gasteiger partial charge is 0.237 e. The van der Waals surface area contributed by atoms with Crippen LogP contribution in [0.15, 0.2) is 22.7 Å². The van der Waals surface area contributed by atoms with Gasteiger partial charge in [0, 0.05) is 6.04 Å². The van der Waals surface area contributed by atoms with E-state index in [9.17, 15) is 9.18 Å². The van der Waals surface area contributed by atoms with Crippen molar-refractivity contribution in [3.63, 3.8) is 0 Å². The van der Waals surface area contributed by atoms with Gasteiger partial charge in [0.15, 0.2) is 0 Å². The predicted octanol–water partition coefficient (Wildman–Crippen LogP) is 3.18. The number of hydrogen-bond donors (Lipinski definition) is 2. The van der Waals surface area contributed by atoms with E-state index in [1.807, 2.05) is 13.8 Å². The highest BCUT2D eigenvalue weighted by Crippen LogP contribution is 2.17. The standard InChI is InChI=1S/C14H20BrFN2O.ClH/c1-3-4-13(17)14(19)18-9(2)7-10-5-6-12(16)11(15)8-10;/h5-6,8-9,13H,3-4,7,17H2,1-2H3,(H,18,19);1H. The van der Waals surface area contributed by atoms with Crippen molar-refractivity contribution in [1.29, 1.82) is 0 Å². The summed E-state index contributed by atoms with van der Waals surface area (Å²) in [5, 5.41) is 2.87. The molecule has 6 heteroatoms. The van der Waals surface area contributed by atoms with Crippen LogP contribution in [0, 0.1) is 5.82 Å². The summed E-state index contributed by atoms with van der Waals surface area (Å²) in [5.74, 6) is -0.416. The van der Waals surface area contributed by atoms with Crippen LogP contribution in [0.4, 0.5) is 4.39 Å². The molecule has 0 aromatic heterocycles. The fraction of sp³-hybridized carbons (Fsp3) is 0.500. The lowest BCUT2D eigenvalue weighted by Gasteiger charge is -2.17. The summed E-state index contributed by atoms with van der Waals surface area (Å²) < 4.78 is 13.5. The molecule has 20 heavy (non-hydrogen) atoms.